The molecule has 0 aliphatic carbocycles. The van der Waals surface area contributed by atoms with Crippen molar-refractivity contribution in [2.24, 2.45) is 0 Å². The second-order valence-electron chi connectivity index (χ2n) is 6.01. The van der Waals surface area contributed by atoms with Crippen LogP contribution in [0.2, 0.25) is 0 Å². The van der Waals surface area contributed by atoms with Crippen molar-refractivity contribution in [3.63, 3.8) is 0 Å². The first-order valence-electron chi connectivity index (χ1n) is 8.20. The van der Waals surface area contributed by atoms with E-state index in [1.807, 2.05) is 12.4 Å². The van der Waals surface area contributed by atoms with E-state index in [1.165, 1.54) is 0 Å². The van der Waals surface area contributed by atoms with Crippen molar-refractivity contribution in [3.05, 3.63) is 16.1 Å². The Morgan fingerprint density at radius 2 is 2.13 bits per heavy atom. The van der Waals surface area contributed by atoms with Gasteiger partial charge in [-0.2, -0.15) is 0 Å². The van der Waals surface area contributed by atoms with Gasteiger partial charge in [0.2, 0.25) is 5.91 Å². The van der Waals surface area contributed by atoms with Gasteiger partial charge in [-0.1, -0.05) is 6.92 Å². The smallest absolute Gasteiger partial charge is 0.270 e. The van der Waals surface area contributed by atoms with E-state index in [-0.39, 0.29) is 23.9 Å². The molecule has 1 aromatic rings. The Bertz CT molecular complexity index is 546. The van der Waals surface area contributed by atoms with E-state index in [1.54, 1.807) is 18.4 Å². The second-order valence-corrected chi connectivity index (χ2v) is 6.96. The van der Waals surface area contributed by atoms with Crippen molar-refractivity contribution < 1.29 is 9.59 Å². The summed E-state index contributed by atoms with van der Waals surface area (Å²) in [5, 5.41) is 8.49. The van der Waals surface area contributed by atoms with Crippen LogP contribution in [0.15, 0.2) is 5.38 Å². The highest BCUT2D eigenvalue weighted by Crippen LogP contribution is 2.24. The van der Waals surface area contributed by atoms with Crippen LogP contribution in [0.3, 0.4) is 0 Å². The highest BCUT2D eigenvalue weighted by atomic mass is 32.1. The normalized spacial score (nSPS) is 21.3. The Balaban J connectivity index is 1.81. The van der Waals surface area contributed by atoms with Crippen LogP contribution >= 0.6 is 11.3 Å². The molecule has 23 heavy (non-hydrogen) atoms. The standard InChI is InChI=1S/C16H26N4O2S/c1-4-5-15-19-13(10-23-15)16(22)18-9-12-7-6-11(20(12)3)8-14(21)17-2/h10-12H,4-9H2,1-3H3,(H,17,21)(H,18,22)/t11-,12+/m1/s1. The number of likely N-dealkylation sites (N-methyl/N-ethyl adjacent to an activating group) is 1. The van der Waals surface area contributed by atoms with Crippen molar-refractivity contribution in [1.82, 2.24) is 20.5 Å². The Labute approximate surface area is 141 Å². The molecule has 0 aromatic carbocycles. The highest BCUT2D eigenvalue weighted by molar-refractivity contribution is 7.09. The Morgan fingerprint density at radius 1 is 1.39 bits per heavy atom. The van der Waals surface area contributed by atoms with Gasteiger partial charge in [-0.15, -0.1) is 11.3 Å². The van der Waals surface area contributed by atoms with E-state index in [0.29, 0.717) is 18.7 Å². The molecule has 2 N–H and O–H groups in total. The molecular weight excluding hydrogens is 312 g/mol. The van der Waals surface area contributed by atoms with Gasteiger partial charge in [0.15, 0.2) is 0 Å². The number of aromatic nitrogens is 1. The molecule has 0 unspecified atom stereocenters. The summed E-state index contributed by atoms with van der Waals surface area (Å²) in [5.41, 5.74) is 0.515. The van der Waals surface area contributed by atoms with Crippen LogP contribution < -0.4 is 10.6 Å². The molecule has 2 rings (SSSR count). The molecular formula is C16H26N4O2S. The predicted octanol–water partition coefficient (Wildman–Crippen LogP) is 1.42. The van der Waals surface area contributed by atoms with E-state index < -0.39 is 0 Å². The first-order valence-corrected chi connectivity index (χ1v) is 9.08. The number of rotatable bonds is 7. The fourth-order valence-corrected chi connectivity index (χ4v) is 3.82. The molecule has 2 amide bonds. The molecule has 7 heteroatoms. The van der Waals surface area contributed by atoms with Crippen molar-refractivity contribution in [1.29, 1.82) is 0 Å². The molecule has 1 aliphatic heterocycles. The van der Waals surface area contributed by atoms with E-state index >= 15 is 0 Å². The molecule has 0 radical (unpaired) electrons. The fourth-order valence-electron chi connectivity index (χ4n) is 2.94. The van der Waals surface area contributed by atoms with Crippen molar-refractivity contribution in [3.8, 4) is 0 Å². The number of nitrogens with zero attached hydrogens (tertiary/aromatic N) is 2. The molecule has 0 spiro atoms. The van der Waals surface area contributed by atoms with Gasteiger partial charge >= 0.3 is 0 Å². The summed E-state index contributed by atoms with van der Waals surface area (Å²) in [6.07, 6.45) is 4.46. The molecule has 2 heterocycles. The van der Waals surface area contributed by atoms with Gasteiger partial charge in [-0.25, -0.2) is 4.98 Å². The Morgan fingerprint density at radius 3 is 2.83 bits per heavy atom. The van der Waals surface area contributed by atoms with Crippen LogP contribution in [0.5, 0.6) is 0 Å². The summed E-state index contributed by atoms with van der Waals surface area (Å²) in [6, 6.07) is 0.537. The van der Waals surface area contributed by atoms with Crippen LogP contribution in [0.4, 0.5) is 0 Å². The first kappa shape index (κ1) is 17.9. The van der Waals surface area contributed by atoms with Crippen LogP contribution in [-0.2, 0) is 11.2 Å². The summed E-state index contributed by atoms with van der Waals surface area (Å²) < 4.78 is 0. The number of aryl methyl sites for hydroxylation is 1. The van der Waals surface area contributed by atoms with Gasteiger partial charge in [-0.05, 0) is 32.7 Å². The largest absolute Gasteiger partial charge is 0.359 e. The molecule has 6 nitrogen and oxygen atoms in total. The zero-order chi connectivity index (χ0) is 16.8. The van der Waals surface area contributed by atoms with Gasteiger partial charge in [0.1, 0.15) is 5.69 Å². The highest BCUT2D eigenvalue weighted by Gasteiger charge is 2.31. The minimum Gasteiger partial charge on any atom is -0.359 e. The summed E-state index contributed by atoms with van der Waals surface area (Å²) in [6.45, 7) is 2.70. The Kier molecular flexibility index (Phi) is 6.53. The number of amides is 2. The zero-order valence-corrected chi connectivity index (χ0v) is 14.9. The predicted molar refractivity (Wildman–Crippen MR) is 91.7 cm³/mol. The van der Waals surface area contributed by atoms with E-state index in [4.69, 9.17) is 0 Å². The van der Waals surface area contributed by atoms with Crippen LogP contribution in [-0.4, -0.2) is 54.4 Å². The van der Waals surface area contributed by atoms with Crippen LogP contribution in [0.1, 0.15) is 48.1 Å². The topological polar surface area (TPSA) is 74.3 Å². The lowest BCUT2D eigenvalue weighted by Gasteiger charge is -2.25. The number of nitrogens with one attached hydrogen (secondary N) is 2. The summed E-state index contributed by atoms with van der Waals surface area (Å²) in [5.74, 6) is -0.0378. The van der Waals surface area contributed by atoms with Gasteiger partial charge in [0.05, 0.1) is 5.01 Å². The monoisotopic (exact) mass is 338 g/mol. The lowest BCUT2D eigenvalue weighted by molar-refractivity contribution is -0.121. The summed E-state index contributed by atoms with van der Waals surface area (Å²) in [7, 11) is 3.69. The minimum absolute atomic E-state index is 0.0671. The van der Waals surface area contributed by atoms with Gasteiger partial charge < -0.3 is 10.6 Å². The molecule has 1 aliphatic rings. The third kappa shape index (κ3) is 4.75. The van der Waals surface area contributed by atoms with Gasteiger partial charge in [0.25, 0.3) is 5.91 Å². The molecule has 0 bridgehead atoms. The van der Waals surface area contributed by atoms with E-state index in [2.05, 4.69) is 27.4 Å². The lowest BCUT2D eigenvalue weighted by atomic mass is 10.1. The van der Waals surface area contributed by atoms with Crippen molar-refractivity contribution in [2.75, 3.05) is 20.6 Å². The molecule has 1 fully saturated rings. The quantitative estimate of drug-likeness (QED) is 0.789. The third-order valence-corrected chi connectivity index (χ3v) is 5.34. The first-order chi connectivity index (χ1) is 11.0. The number of likely N-dealkylation sites (tertiary alicyclic amines) is 1. The minimum atomic E-state index is -0.105. The summed E-state index contributed by atoms with van der Waals surface area (Å²) in [4.78, 5) is 30.3. The third-order valence-electron chi connectivity index (χ3n) is 4.43. The molecule has 128 valence electrons. The molecule has 2 atom stereocenters. The lowest BCUT2D eigenvalue weighted by Crippen LogP contribution is -2.42. The maximum absolute atomic E-state index is 12.2. The second kappa shape index (κ2) is 8.40. The number of thiazole rings is 1. The van der Waals surface area contributed by atoms with E-state index in [0.717, 1.165) is 30.7 Å². The maximum atomic E-state index is 12.2. The summed E-state index contributed by atoms with van der Waals surface area (Å²) >= 11 is 1.54. The number of carbonyl (C=O) groups excluding carboxylic acids is 2. The molecule has 0 saturated carbocycles. The van der Waals surface area contributed by atoms with E-state index in [9.17, 15) is 9.59 Å². The fraction of sp³-hybridized carbons (Fsp3) is 0.688. The van der Waals surface area contributed by atoms with Gasteiger partial charge in [-0.3, -0.25) is 14.5 Å². The SMILES string of the molecule is CCCc1nc(C(=O)NC[C@@H]2CC[C@H](CC(=O)NC)N2C)cs1. The number of hydrogen-bond donors (Lipinski definition) is 2. The average molecular weight is 338 g/mol. The molecule has 1 aromatic heterocycles. The van der Waals surface area contributed by atoms with Crippen molar-refractivity contribution >= 4 is 23.2 Å². The zero-order valence-electron chi connectivity index (χ0n) is 14.1. The van der Waals surface area contributed by atoms with Crippen molar-refractivity contribution in [2.45, 2.75) is 51.1 Å². The maximum Gasteiger partial charge on any atom is 0.270 e. The van der Waals surface area contributed by atoms with Crippen LogP contribution in [0, 0.1) is 0 Å². The Hall–Kier alpha value is -1.47. The number of hydrogen-bond acceptors (Lipinski definition) is 5. The van der Waals surface area contributed by atoms with Crippen LogP contribution in [0.25, 0.3) is 0 Å². The molecule has 1 saturated heterocycles. The van der Waals surface area contributed by atoms with Gasteiger partial charge in [0, 0.05) is 37.5 Å². The average Bonchev–Trinajstić information content (AvgIpc) is 3.14. The number of carbonyl (C=O) groups is 2.